The van der Waals surface area contributed by atoms with Gasteiger partial charge in [0.25, 0.3) is 0 Å². The van der Waals surface area contributed by atoms with E-state index in [2.05, 4.69) is 42.7 Å². The summed E-state index contributed by atoms with van der Waals surface area (Å²) in [5.41, 5.74) is 5.89. The average Bonchev–Trinajstić information content (AvgIpc) is 2.76. The van der Waals surface area contributed by atoms with Crippen LogP contribution in [0.25, 0.3) is 0 Å². The van der Waals surface area contributed by atoms with E-state index in [1.54, 1.807) is 0 Å². The fraction of sp³-hybridized carbons (Fsp3) is 0.846. The number of aryl methyl sites for hydroxylation is 1. The first-order valence-corrected chi connectivity index (χ1v) is 6.74. The molecule has 0 unspecified atom stereocenters. The van der Waals surface area contributed by atoms with Gasteiger partial charge in [-0.1, -0.05) is 32.9 Å². The molecule has 0 aliphatic carbocycles. The molecule has 0 saturated carbocycles. The lowest BCUT2D eigenvalue weighted by molar-refractivity contribution is 0.178. The second-order valence-electron chi connectivity index (χ2n) is 5.53. The van der Waals surface area contributed by atoms with Gasteiger partial charge in [0.15, 0.2) is 5.82 Å². The third-order valence-corrected chi connectivity index (χ3v) is 2.99. The van der Waals surface area contributed by atoms with Gasteiger partial charge in [-0.3, -0.25) is 4.90 Å². The maximum absolute atomic E-state index is 5.77. The molecular formula is C13H26N4O. The monoisotopic (exact) mass is 254 g/mol. The van der Waals surface area contributed by atoms with Crippen molar-refractivity contribution in [2.45, 2.75) is 47.1 Å². The highest BCUT2D eigenvalue weighted by Crippen LogP contribution is 2.16. The second kappa shape index (κ2) is 6.85. The highest BCUT2D eigenvalue weighted by atomic mass is 16.5. The van der Waals surface area contributed by atoms with E-state index in [0.29, 0.717) is 6.54 Å². The zero-order valence-corrected chi connectivity index (χ0v) is 12.1. The Morgan fingerprint density at radius 1 is 1.33 bits per heavy atom. The zero-order chi connectivity index (χ0) is 13.6. The summed E-state index contributed by atoms with van der Waals surface area (Å²) in [6.07, 6.45) is 1.88. The van der Waals surface area contributed by atoms with Crippen molar-refractivity contribution in [3.8, 4) is 0 Å². The van der Waals surface area contributed by atoms with Gasteiger partial charge < -0.3 is 10.3 Å². The van der Waals surface area contributed by atoms with Gasteiger partial charge in [0.2, 0.25) is 5.89 Å². The fourth-order valence-electron chi connectivity index (χ4n) is 1.82. The van der Waals surface area contributed by atoms with Crippen LogP contribution < -0.4 is 5.73 Å². The smallest absolute Gasteiger partial charge is 0.226 e. The zero-order valence-electron chi connectivity index (χ0n) is 12.1. The number of hydrogen-bond acceptors (Lipinski definition) is 5. The molecule has 0 saturated heterocycles. The van der Waals surface area contributed by atoms with Gasteiger partial charge in [0.1, 0.15) is 0 Å². The van der Waals surface area contributed by atoms with Crippen molar-refractivity contribution in [1.29, 1.82) is 0 Å². The molecule has 1 rings (SSSR count). The summed E-state index contributed by atoms with van der Waals surface area (Å²) >= 11 is 0. The van der Waals surface area contributed by atoms with Crippen LogP contribution in [-0.4, -0.2) is 34.7 Å². The molecule has 0 bridgehead atoms. The van der Waals surface area contributed by atoms with Gasteiger partial charge in [0, 0.05) is 13.0 Å². The Morgan fingerprint density at radius 2 is 2.06 bits per heavy atom. The summed E-state index contributed by atoms with van der Waals surface area (Å²) in [5, 5.41) is 4.02. The molecule has 5 heteroatoms. The molecule has 0 aliphatic rings. The van der Waals surface area contributed by atoms with Crippen molar-refractivity contribution in [2.75, 3.05) is 19.6 Å². The lowest BCUT2D eigenvalue weighted by atomic mass is 9.93. The van der Waals surface area contributed by atoms with Crippen molar-refractivity contribution in [3.05, 3.63) is 11.7 Å². The topological polar surface area (TPSA) is 68.2 Å². The quantitative estimate of drug-likeness (QED) is 0.766. The molecule has 1 aromatic rings. The number of nitrogens with zero attached hydrogens (tertiary/aromatic N) is 3. The summed E-state index contributed by atoms with van der Waals surface area (Å²) in [5.74, 6) is 1.51. The molecule has 0 amide bonds. The molecule has 0 radical (unpaired) electrons. The van der Waals surface area contributed by atoms with Crippen LogP contribution in [0.15, 0.2) is 4.52 Å². The van der Waals surface area contributed by atoms with Crippen molar-refractivity contribution in [3.63, 3.8) is 0 Å². The maximum Gasteiger partial charge on any atom is 0.226 e. The predicted octanol–water partition coefficient (Wildman–Crippen LogP) is 1.83. The first kappa shape index (κ1) is 15.1. The molecule has 0 aromatic carbocycles. The maximum atomic E-state index is 5.77. The van der Waals surface area contributed by atoms with E-state index in [-0.39, 0.29) is 5.41 Å². The molecule has 2 N–H and O–H groups in total. The SMILES string of the molecule is CCCc1nc(CN(CC)CC(C)(C)CN)no1. The average molecular weight is 254 g/mol. The van der Waals surface area contributed by atoms with E-state index in [0.717, 1.165) is 44.2 Å². The largest absolute Gasteiger partial charge is 0.339 e. The third-order valence-electron chi connectivity index (χ3n) is 2.99. The van der Waals surface area contributed by atoms with E-state index in [1.165, 1.54) is 0 Å². The van der Waals surface area contributed by atoms with Crippen LogP contribution in [0.4, 0.5) is 0 Å². The summed E-state index contributed by atoms with van der Waals surface area (Å²) in [4.78, 5) is 6.69. The van der Waals surface area contributed by atoms with E-state index in [4.69, 9.17) is 10.3 Å². The number of aromatic nitrogens is 2. The van der Waals surface area contributed by atoms with Crippen LogP contribution in [0.5, 0.6) is 0 Å². The molecule has 104 valence electrons. The molecular weight excluding hydrogens is 228 g/mol. The first-order chi connectivity index (χ1) is 8.50. The standard InChI is InChI=1S/C13H26N4O/c1-5-7-12-15-11(16-18-12)8-17(6-2)10-13(3,4)9-14/h5-10,14H2,1-4H3. The molecule has 1 aromatic heterocycles. The predicted molar refractivity (Wildman–Crippen MR) is 72.1 cm³/mol. The van der Waals surface area contributed by atoms with Crippen LogP contribution in [0.1, 0.15) is 45.8 Å². The van der Waals surface area contributed by atoms with Crippen LogP contribution in [-0.2, 0) is 13.0 Å². The Balaban J connectivity index is 2.56. The van der Waals surface area contributed by atoms with Gasteiger partial charge in [-0.25, -0.2) is 0 Å². The van der Waals surface area contributed by atoms with Crippen molar-refractivity contribution in [1.82, 2.24) is 15.0 Å². The minimum atomic E-state index is 0.117. The molecule has 1 heterocycles. The lowest BCUT2D eigenvalue weighted by Crippen LogP contribution is -2.38. The molecule has 0 fully saturated rings. The second-order valence-corrected chi connectivity index (χ2v) is 5.53. The van der Waals surface area contributed by atoms with Crippen molar-refractivity contribution < 1.29 is 4.52 Å². The Hall–Kier alpha value is -0.940. The van der Waals surface area contributed by atoms with Gasteiger partial charge in [0.05, 0.1) is 6.54 Å². The molecule has 0 aliphatic heterocycles. The van der Waals surface area contributed by atoms with Gasteiger partial charge >= 0.3 is 0 Å². The van der Waals surface area contributed by atoms with Gasteiger partial charge in [-0.2, -0.15) is 4.98 Å². The summed E-state index contributed by atoms with van der Waals surface area (Å²) < 4.78 is 5.19. The minimum absolute atomic E-state index is 0.117. The molecule has 18 heavy (non-hydrogen) atoms. The Morgan fingerprint density at radius 3 is 2.61 bits per heavy atom. The first-order valence-electron chi connectivity index (χ1n) is 6.74. The molecule has 0 spiro atoms. The van der Waals surface area contributed by atoms with Crippen LogP contribution >= 0.6 is 0 Å². The van der Waals surface area contributed by atoms with E-state index >= 15 is 0 Å². The van der Waals surface area contributed by atoms with Crippen LogP contribution in [0.3, 0.4) is 0 Å². The lowest BCUT2D eigenvalue weighted by Gasteiger charge is -2.30. The third kappa shape index (κ3) is 4.74. The minimum Gasteiger partial charge on any atom is -0.339 e. The van der Waals surface area contributed by atoms with Gasteiger partial charge in [-0.15, -0.1) is 0 Å². The van der Waals surface area contributed by atoms with Gasteiger partial charge in [-0.05, 0) is 24.9 Å². The molecule has 5 nitrogen and oxygen atoms in total. The number of hydrogen-bond donors (Lipinski definition) is 1. The summed E-state index contributed by atoms with van der Waals surface area (Å²) in [6.45, 7) is 11.9. The van der Waals surface area contributed by atoms with E-state index < -0.39 is 0 Å². The van der Waals surface area contributed by atoms with Crippen LogP contribution in [0.2, 0.25) is 0 Å². The number of nitrogens with two attached hydrogens (primary N) is 1. The molecule has 0 atom stereocenters. The van der Waals surface area contributed by atoms with Crippen molar-refractivity contribution >= 4 is 0 Å². The fourth-order valence-corrected chi connectivity index (χ4v) is 1.82. The van der Waals surface area contributed by atoms with Crippen LogP contribution in [0, 0.1) is 5.41 Å². The van der Waals surface area contributed by atoms with Crippen molar-refractivity contribution in [2.24, 2.45) is 11.1 Å². The normalized spacial score (nSPS) is 12.3. The Labute approximate surface area is 110 Å². The Kier molecular flexibility index (Phi) is 5.75. The Bertz CT molecular complexity index is 349. The number of rotatable bonds is 8. The van der Waals surface area contributed by atoms with E-state index in [1.807, 2.05) is 0 Å². The summed E-state index contributed by atoms with van der Waals surface area (Å²) in [6, 6.07) is 0. The van der Waals surface area contributed by atoms with E-state index in [9.17, 15) is 0 Å². The highest BCUT2D eigenvalue weighted by Gasteiger charge is 2.20. The summed E-state index contributed by atoms with van der Waals surface area (Å²) in [7, 11) is 0. The highest BCUT2D eigenvalue weighted by molar-refractivity contribution is 4.87.